The maximum absolute atomic E-state index is 12.2. The average molecular weight is 307 g/mol. The Morgan fingerprint density at radius 3 is 2.36 bits per heavy atom. The average Bonchev–Trinajstić information content (AvgIpc) is 3.18. The zero-order chi connectivity index (χ0) is 15.9. The van der Waals surface area contributed by atoms with E-state index in [2.05, 4.69) is 6.92 Å². The SMILES string of the molecule is CCCCC(CC)C(=O)On1c(O)c2c(c1O)[C@H]1C=C[C@@H]2O1. The Bertz CT molecular complexity index is 583. The zero-order valence-corrected chi connectivity index (χ0v) is 12.8. The van der Waals surface area contributed by atoms with Crippen molar-refractivity contribution in [3.63, 3.8) is 0 Å². The van der Waals surface area contributed by atoms with Crippen molar-refractivity contribution in [3.8, 4) is 11.8 Å². The standard InChI is InChI=1S/C16H21NO5/c1-3-5-6-9(4-2)16(20)22-17-14(18)12-10-7-8-11(21-10)13(12)15(17)19/h7-11,18-19H,3-6H2,1-2H3/t9?,10-,11+. The summed E-state index contributed by atoms with van der Waals surface area (Å²) in [5.41, 5.74) is 0.971. The number of unbranched alkanes of at least 4 members (excludes halogenated alkanes) is 1. The molecule has 2 aliphatic rings. The van der Waals surface area contributed by atoms with Gasteiger partial charge >= 0.3 is 5.97 Å². The van der Waals surface area contributed by atoms with Crippen LogP contribution in [0.5, 0.6) is 11.8 Å². The Morgan fingerprint density at radius 2 is 1.86 bits per heavy atom. The summed E-state index contributed by atoms with van der Waals surface area (Å²) in [4.78, 5) is 17.5. The molecule has 3 atom stereocenters. The monoisotopic (exact) mass is 307 g/mol. The highest BCUT2D eigenvalue weighted by atomic mass is 16.7. The molecule has 3 rings (SSSR count). The third kappa shape index (κ3) is 2.18. The molecular formula is C16H21NO5. The van der Waals surface area contributed by atoms with Gasteiger partial charge in [-0.1, -0.05) is 38.8 Å². The molecule has 0 saturated carbocycles. The fraction of sp³-hybridized carbons (Fsp3) is 0.562. The lowest BCUT2D eigenvalue weighted by molar-refractivity contribution is -0.150. The minimum absolute atomic E-state index is 0.234. The Hall–Kier alpha value is -1.95. The smallest absolute Gasteiger partial charge is 0.336 e. The highest BCUT2D eigenvalue weighted by molar-refractivity contribution is 5.73. The molecule has 1 aromatic heterocycles. The predicted molar refractivity (Wildman–Crippen MR) is 78.4 cm³/mol. The van der Waals surface area contributed by atoms with Gasteiger partial charge in [0, 0.05) is 0 Å². The second-order valence-electron chi connectivity index (χ2n) is 5.79. The largest absolute Gasteiger partial charge is 0.492 e. The first-order chi connectivity index (χ1) is 10.6. The fourth-order valence-corrected chi connectivity index (χ4v) is 3.09. The molecule has 0 radical (unpaired) electrons. The number of hydrogen-bond acceptors (Lipinski definition) is 5. The third-order valence-electron chi connectivity index (χ3n) is 4.39. The van der Waals surface area contributed by atoms with Crippen molar-refractivity contribution in [2.24, 2.45) is 5.92 Å². The van der Waals surface area contributed by atoms with E-state index in [4.69, 9.17) is 9.57 Å². The maximum Gasteiger partial charge on any atom is 0.336 e. The van der Waals surface area contributed by atoms with Crippen LogP contribution < -0.4 is 4.84 Å². The van der Waals surface area contributed by atoms with Crippen LogP contribution in [0.15, 0.2) is 12.2 Å². The van der Waals surface area contributed by atoms with Crippen molar-refractivity contribution in [1.29, 1.82) is 0 Å². The first-order valence-corrected chi connectivity index (χ1v) is 7.80. The molecule has 0 fully saturated rings. The van der Waals surface area contributed by atoms with Gasteiger partial charge in [0.25, 0.3) is 0 Å². The summed E-state index contributed by atoms with van der Waals surface area (Å²) < 4.78 is 6.37. The molecule has 0 spiro atoms. The summed E-state index contributed by atoms with van der Waals surface area (Å²) in [5, 5.41) is 20.5. The lowest BCUT2D eigenvalue weighted by Gasteiger charge is -2.15. The lowest BCUT2D eigenvalue weighted by atomic mass is 10.00. The van der Waals surface area contributed by atoms with Crippen molar-refractivity contribution in [2.75, 3.05) is 0 Å². The summed E-state index contributed by atoms with van der Waals surface area (Å²) in [5.74, 6) is -1.19. The molecule has 0 saturated heterocycles. The number of carbonyl (C=O) groups excluding carboxylic acids is 1. The number of nitrogens with zero attached hydrogens (tertiary/aromatic N) is 1. The normalized spacial score (nSPS) is 22.8. The molecular weight excluding hydrogens is 286 g/mol. The first-order valence-electron chi connectivity index (χ1n) is 7.80. The molecule has 0 aliphatic carbocycles. The predicted octanol–water partition coefficient (Wildman–Crippen LogP) is 2.75. The van der Waals surface area contributed by atoms with Crippen LogP contribution >= 0.6 is 0 Å². The van der Waals surface area contributed by atoms with Gasteiger partial charge in [-0.3, -0.25) is 0 Å². The molecule has 6 heteroatoms. The topological polar surface area (TPSA) is 80.9 Å². The van der Waals surface area contributed by atoms with Gasteiger partial charge in [0.1, 0.15) is 12.2 Å². The molecule has 0 aromatic carbocycles. The Kier molecular flexibility index (Phi) is 3.87. The van der Waals surface area contributed by atoms with E-state index < -0.39 is 5.97 Å². The molecule has 22 heavy (non-hydrogen) atoms. The number of rotatable bonds is 6. The van der Waals surface area contributed by atoms with Crippen molar-refractivity contribution in [3.05, 3.63) is 23.3 Å². The Morgan fingerprint density at radius 1 is 1.27 bits per heavy atom. The van der Waals surface area contributed by atoms with Gasteiger partial charge in [0.2, 0.25) is 11.8 Å². The van der Waals surface area contributed by atoms with Crippen molar-refractivity contribution in [2.45, 2.75) is 51.7 Å². The second-order valence-corrected chi connectivity index (χ2v) is 5.79. The van der Waals surface area contributed by atoms with Crippen molar-refractivity contribution < 1.29 is 24.6 Å². The van der Waals surface area contributed by atoms with Gasteiger partial charge in [0.15, 0.2) is 0 Å². The van der Waals surface area contributed by atoms with E-state index in [-0.39, 0.29) is 29.9 Å². The summed E-state index contributed by atoms with van der Waals surface area (Å²) in [7, 11) is 0. The molecule has 2 bridgehead atoms. The summed E-state index contributed by atoms with van der Waals surface area (Å²) in [6.07, 6.45) is 6.21. The van der Waals surface area contributed by atoms with E-state index in [1.807, 2.05) is 19.1 Å². The molecule has 3 heterocycles. The van der Waals surface area contributed by atoms with Crippen molar-refractivity contribution >= 4 is 5.97 Å². The highest BCUT2D eigenvalue weighted by Gasteiger charge is 2.43. The van der Waals surface area contributed by atoms with Crippen LogP contribution in [0.4, 0.5) is 0 Å². The van der Waals surface area contributed by atoms with Crippen LogP contribution in [0.1, 0.15) is 62.9 Å². The van der Waals surface area contributed by atoms with Gasteiger partial charge in [-0.25, -0.2) is 4.79 Å². The van der Waals surface area contributed by atoms with Gasteiger partial charge in [-0.05, 0) is 12.8 Å². The number of aromatic hydroxyl groups is 2. The third-order valence-corrected chi connectivity index (χ3v) is 4.39. The van der Waals surface area contributed by atoms with Crippen molar-refractivity contribution in [1.82, 2.24) is 4.73 Å². The summed E-state index contributed by atoms with van der Waals surface area (Å²) in [6.45, 7) is 3.99. The van der Waals surface area contributed by atoms with Crippen LogP contribution in [0, 0.1) is 5.92 Å². The van der Waals surface area contributed by atoms with Crippen LogP contribution in [0.3, 0.4) is 0 Å². The zero-order valence-electron chi connectivity index (χ0n) is 12.8. The molecule has 6 nitrogen and oxygen atoms in total. The summed E-state index contributed by atoms with van der Waals surface area (Å²) >= 11 is 0. The number of ether oxygens (including phenoxy) is 1. The minimum Gasteiger partial charge on any atom is -0.492 e. The summed E-state index contributed by atoms with van der Waals surface area (Å²) in [6, 6.07) is 0. The number of fused-ring (bicyclic) bond motifs is 5. The van der Waals surface area contributed by atoms with E-state index in [1.54, 1.807) is 0 Å². The van der Waals surface area contributed by atoms with E-state index in [0.717, 1.165) is 24.0 Å². The van der Waals surface area contributed by atoms with E-state index in [9.17, 15) is 15.0 Å². The van der Waals surface area contributed by atoms with Gasteiger partial charge < -0.3 is 19.8 Å². The fourth-order valence-electron chi connectivity index (χ4n) is 3.09. The quantitative estimate of drug-likeness (QED) is 0.790. The molecule has 1 unspecified atom stereocenters. The number of hydrogen-bond donors (Lipinski definition) is 2. The van der Waals surface area contributed by atoms with Crippen LogP contribution in [-0.4, -0.2) is 20.9 Å². The van der Waals surface area contributed by atoms with Gasteiger partial charge in [0.05, 0.1) is 17.0 Å². The van der Waals surface area contributed by atoms with Crippen LogP contribution in [0.25, 0.3) is 0 Å². The number of carbonyl (C=O) groups is 1. The Balaban J connectivity index is 1.81. The minimum atomic E-state index is -0.434. The van der Waals surface area contributed by atoms with Crippen LogP contribution in [0.2, 0.25) is 0 Å². The van der Waals surface area contributed by atoms with E-state index in [1.165, 1.54) is 0 Å². The van der Waals surface area contributed by atoms with Gasteiger partial charge in [-0.2, -0.15) is 0 Å². The Labute approximate surface area is 128 Å². The van der Waals surface area contributed by atoms with Crippen LogP contribution in [-0.2, 0) is 9.53 Å². The number of aromatic nitrogens is 1. The second kappa shape index (κ2) is 5.68. The first kappa shape index (κ1) is 15.0. The lowest BCUT2D eigenvalue weighted by Crippen LogP contribution is -2.26. The molecule has 0 amide bonds. The molecule has 2 N–H and O–H groups in total. The van der Waals surface area contributed by atoms with Gasteiger partial charge in [-0.15, -0.1) is 4.73 Å². The highest BCUT2D eigenvalue weighted by Crippen LogP contribution is 2.54. The molecule has 1 aromatic rings. The molecule has 120 valence electrons. The molecule has 2 aliphatic heterocycles. The van der Waals surface area contributed by atoms with E-state index >= 15 is 0 Å². The van der Waals surface area contributed by atoms with E-state index in [0.29, 0.717) is 17.5 Å². The maximum atomic E-state index is 12.2.